The molecular formula is C13H22N4O. The van der Waals surface area contributed by atoms with Crippen molar-refractivity contribution in [3.8, 4) is 5.88 Å². The van der Waals surface area contributed by atoms with E-state index in [0.717, 1.165) is 11.7 Å². The number of hydrogen-bond acceptors (Lipinski definition) is 5. The molecule has 0 aliphatic heterocycles. The topological polar surface area (TPSA) is 64.3 Å². The number of rotatable bonds is 5. The Kier molecular flexibility index (Phi) is 3.59. The molecule has 1 fully saturated rings. The Bertz CT molecular complexity index is 417. The monoisotopic (exact) mass is 250 g/mol. The maximum absolute atomic E-state index is 6.10. The van der Waals surface area contributed by atoms with Gasteiger partial charge in [0.2, 0.25) is 5.88 Å². The molecule has 0 aromatic carbocycles. The van der Waals surface area contributed by atoms with Crippen molar-refractivity contribution in [2.75, 3.05) is 17.7 Å². The van der Waals surface area contributed by atoms with Crippen LogP contribution >= 0.6 is 0 Å². The maximum Gasteiger partial charge on any atom is 0.242 e. The Labute approximate surface area is 108 Å². The summed E-state index contributed by atoms with van der Waals surface area (Å²) >= 11 is 0. The molecule has 1 unspecified atom stereocenters. The van der Waals surface area contributed by atoms with Crippen LogP contribution in [0.1, 0.15) is 33.6 Å². The molecule has 0 amide bonds. The first-order valence-corrected chi connectivity index (χ1v) is 6.50. The van der Waals surface area contributed by atoms with Crippen LogP contribution < -0.4 is 15.4 Å². The minimum atomic E-state index is 0.0567. The first kappa shape index (κ1) is 12.9. The Balaban J connectivity index is 2.21. The van der Waals surface area contributed by atoms with Gasteiger partial charge in [0.1, 0.15) is 12.0 Å². The molecule has 0 spiro atoms. The lowest BCUT2D eigenvalue weighted by molar-refractivity contribution is 0.234. The Morgan fingerprint density at radius 3 is 2.56 bits per heavy atom. The van der Waals surface area contributed by atoms with Crippen molar-refractivity contribution in [1.82, 2.24) is 9.97 Å². The fourth-order valence-corrected chi connectivity index (χ4v) is 2.06. The van der Waals surface area contributed by atoms with Gasteiger partial charge in [0.15, 0.2) is 5.82 Å². The van der Waals surface area contributed by atoms with Crippen LogP contribution in [0.4, 0.5) is 11.5 Å². The van der Waals surface area contributed by atoms with Gasteiger partial charge in [-0.05, 0) is 39.5 Å². The summed E-state index contributed by atoms with van der Waals surface area (Å²) in [5.74, 6) is 2.00. The zero-order chi connectivity index (χ0) is 13.3. The quantitative estimate of drug-likeness (QED) is 0.866. The van der Waals surface area contributed by atoms with Crippen LogP contribution in [0.15, 0.2) is 6.33 Å². The number of nitrogen functional groups attached to an aromatic ring is 1. The fourth-order valence-electron chi connectivity index (χ4n) is 2.06. The highest BCUT2D eigenvalue weighted by molar-refractivity contribution is 5.67. The molecule has 1 aliphatic rings. The highest BCUT2D eigenvalue weighted by Crippen LogP contribution is 2.38. The molecule has 5 heteroatoms. The van der Waals surface area contributed by atoms with E-state index in [1.165, 1.54) is 19.2 Å². The Hall–Kier alpha value is -1.52. The highest BCUT2D eigenvalue weighted by Gasteiger charge is 2.32. The number of ether oxygens (including phenoxy) is 1. The lowest BCUT2D eigenvalue weighted by Crippen LogP contribution is -2.32. The second kappa shape index (κ2) is 5.00. The third-order valence-corrected chi connectivity index (χ3v) is 3.42. The van der Waals surface area contributed by atoms with Gasteiger partial charge in [0.25, 0.3) is 0 Å². The molecule has 1 heterocycles. The van der Waals surface area contributed by atoms with Crippen LogP contribution in [-0.4, -0.2) is 29.2 Å². The van der Waals surface area contributed by atoms with E-state index in [9.17, 15) is 0 Å². The van der Waals surface area contributed by atoms with Gasteiger partial charge in [-0.25, -0.2) is 4.98 Å². The summed E-state index contributed by atoms with van der Waals surface area (Å²) in [4.78, 5) is 10.5. The van der Waals surface area contributed by atoms with E-state index in [4.69, 9.17) is 10.5 Å². The lowest BCUT2D eigenvalue weighted by Gasteiger charge is -2.27. The summed E-state index contributed by atoms with van der Waals surface area (Å²) in [6, 6.07) is 0.453. The van der Waals surface area contributed by atoms with Crippen molar-refractivity contribution < 1.29 is 4.74 Å². The summed E-state index contributed by atoms with van der Waals surface area (Å²) in [7, 11) is 2.03. The normalized spacial score (nSPS) is 16.7. The van der Waals surface area contributed by atoms with Gasteiger partial charge in [-0.3, -0.25) is 0 Å². The Morgan fingerprint density at radius 2 is 2.00 bits per heavy atom. The predicted octanol–water partition coefficient (Wildman–Crippen LogP) is 2.08. The summed E-state index contributed by atoms with van der Waals surface area (Å²) < 4.78 is 5.59. The van der Waals surface area contributed by atoms with Crippen LogP contribution in [0, 0.1) is 5.92 Å². The van der Waals surface area contributed by atoms with Crippen LogP contribution in [0.25, 0.3) is 0 Å². The number of nitrogens with two attached hydrogens (primary N) is 1. The van der Waals surface area contributed by atoms with Crippen LogP contribution in [0.3, 0.4) is 0 Å². The largest absolute Gasteiger partial charge is 0.473 e. The molecule has 1 aliphatic carbocycles. The van der Waals surface area contributed by atoms with Crippen molar-refractivity contribution in [2.24, 2.45) is 5.92 Å². The molecule has 1 saturated carbocycles. The van der Waals surface area contributed by atoms with E-state index in [1.54, 1.807) is 0 Å². The summed E-state index contributed by atoms with van der Waals surface area (Å²) in [5, 5.41) is 0. The second-order valence-corrected chi connectivity index (χ2v) is 5.27. The van der Waals surface area contributed by atoms with Crippen molar-refractivity contribution in [3.05, 3.63) is 6.33 Å². The third-order valence-electron chi connectivity index (χ3n) is 3.42. The number of hydrogen-bond donors (Lipinski definition) is 1. The average Bonchev–Trinajstić information content (AvgIpc) is 3.13. The first-order chi connectivity index (χ1) is 8.50. The van der Waals surface area contributed by atoms with Crippen LogP contribution in [0.2, 0.25) is 0 Å². The molecule has 0 radical (unpaired) electrons. The maximum atomic E-state index is 6.10. The lowest BCUT2D eigenvalue weighted by atomic mass is 10.2. The summed E-state index contributed by atoms with van der Waals surface area (Å²) in [5.41, 5.74) is 6.63. The van der Waals surface area contributed by atoms with E-state index < -0.39 is 0 Å². The molecule has 18 heavy (non-hydrogen) atoms. The van der Waals surface area contributed by atoms with E-state index in [2.05, 4.69) is 21.8 Å². The predicted molar refractivity (Wildman–Crippen MR) is 72.8 cm³/mol. The fraction of sp³-hybridized carbons (Fsp3) is 0.692. The Morgan fingerprint density at radius 1 is 1.33 bits per heavy atom. The number of aromatic nitrogens is 2. The summed E-state index contributed by atoms with van der Waals surface area (Å²) in [6.07, 6.45) is 4.17. The van der Waals surface area contributed by atoms with Gasteiger partial charge in [0, 0.05) is 13.1 Å². The van der Waals surface area contributed by atoms with Crippen molar-refractivity contribution in [2.45, 2.75) is 45.8 Å². The zero-order valence-corrected chi connectivity index (χ0v) is 11.6. The van der Waals surface area contributed by atoms with Gasteiger partial charge in [-0.2, -0.15) is 4.98 Å². The first-order valence-electron chi connectivity index (χ1n) is 6.50. The standard InChI is InChI=1S/C13H22N4O/c1-8(2)18-13-11(14)12(15-7-16-13)17(4)9(3)10-5-6-10/h7-10H,5-6,14H2,1-4H3. The molecule has 2 N–H and O–H groups in total. The van der Waals surface area contributed by atoms with Gasteiger partial charge in [-0.15, -0.1) is 0 Å². The molecule has 100 valence electrons. The molecule has 0 bridgehead atoms. The minimum Gasteiger partial charge on any atom is -0.473 e. The van der Waals surface area contributed by atoms with Gasteiger partial charge < -0.3 is 15.4 Å². The molecule has 0 saturated heterocycles. The van der Waals surface area contributed by atoms with Gasteiger partial charge >= 0.3 is 0 Å². The van der Waals surface area contributed by atoms with Gasteiger partial charge in [0.05, 0.1) is 6.10 Å². The average molecular weight is 250 g/mol. The molecule has 1 aromatic heterocycles. The molecule has 1 aromatic rings. The molecule has 1 atom stereocenters. The second-order valence-electron chi connectivity index (χ2n) is 5.27. The van der Waals surface area contributed by atoms with Crippen molar-refractivity contribution in [3.63, 3.8) is 0 Å². The molecular weight excluding hydrogens is 228 g/mol. The number of anilines is 2. The van der Waals surface area contributed by atoms with Crippen molar-refractivity contribution >= 4 is 11.5 Å². The van der Waals surface area contributed by atoms with Crippen LogP contribution in [-0.2, 0) is 0 Å². The van der Waals surface area contributed by atoms with Gasteiger partial charge in [-0.1, -0.05) is 0 Å². The SMILES string of the molecule is CC(C)Oc1ncnc(N(C)C(C)C2CC2)c1N. The highest BCUT2D eigenvalue weighted by atomic mass is 16.5. The number of nitrogens with zero attached hydrogens (tertiary/aromatic N) is 3. The molecule has 2 rings (SSSR count). The van der Waals surface area contributed by atoms with Crippen LogP contribution in [0.5, 0.6) is 5.88 Å². The summed E-state index contributed by atoms with van der Waals surface area (Å²) in [6.45, 7) is 6.12. The molecule has 5 nitrogen and oxygen atoms in total. The van der Waals surface area contributed by atoms with E-state index in [1.807, 2.05) is 20.9 Å². The third kappa shape index (κ3) is 2.66. The zero-order valence-electron chi connectivity index (χ0n) is 11.6. The van der Waals surface area contributed by atoms with E-state index >= 15 is 0 Å². The smallest absolute Gasteiger partial charge is 0.242 e. The van der Waals surface area contributed by atoms with E-state index in [-0.39, 0.29) is 6.10 Å². The minimum absolute atomic E-state index is 0.0567. The van der Waals surface area contributed by atoms with Crippen molar-refractivity contribution in [1.29, 1.82) is 0 Å². The van der Waals surface area contributed by atoms with E-state index in [0.29, 0.717) is 17.6 Å².